The molecule has 124 valence electrons. The number of hydrogen-bond donors (Lipinski definition) is 1. The summed E-state index contributed by atoms with van der Waals surface area (Å²) in [5.74, 6) is 0.547. The average Bonchev–Trinajstić information content (AvgIpc) is 2.95. The zero-order valence-corrected chi connectivity index (χ0v) is 14.3. The molecule has 2 atom stereocenters. The minimum Gasteiger partial charge on any atom is -0.376 e. The van der Waals surface area contributed by atoms with Crippen molar-refractivity contribution in [1.29, 1.82) is 0 Å². The van der Waals surface area contributed by atoms with Gasteiger partial charge in [-0.15, -0.1) is 0 Å². The maximum absolute atomic E-state index is 12.1. The zero-order chi connectivity index (χ0) is 16.2. The number of amides is 1. The van der Waals surface area contributed by atoms with Crippen LogP contribution in [0.15, 0.2) is 12.4 Å². The van der Waals surface area contributed by atoms with E-state index in [9.17, 15) is 4.79 Å². The van der Waals surface area contributed by atoms with Crippen LogP contribution in [0.1, 0.15) is 63.7 Å². The summed E-state index contributed by atoms with van der Waals surface area (Å²) in [6, 6.07) is 0. The Morgan fingerprint density at radius 3 is 2.77 bits per heavy atom. The van der Waals surface area contributed by atoms with E-state index < -0.39 is 0 Å². The van der Waals surface area contributed by atoms with E-state index >= 15 is 0 Å². The van der Waals surface area contributed by atoms with Gasteiger partial charge in [-0.05, 0) is 39.5 Å². The molecule has 0 unspecified atom stereocenters. The molecule has 1 aromatic heterocycles. The van der Waals surface area contributed by atoms with Crippen LogP contribution in [0.5, 0.6) is 0 Å². The summed E-state index contributed by atoms with van der Waals surface area (Å²) >= 11 is 0. The van der Waals surface area contributed by atoms with Gasteiger partial charge in [-0.3, -0.25) is 9.48 Å². The van der Waals surface area contributed by atoms with Gasteiger partial charge in [0.2, 0.25) is 0 Å². The van der Waals surface area contributed by atoms with Gasteiger partial charge in [0.1, 0.15) is 0 Å². The first-order valence-corrected chi connectivity index (χ1v) is 8.33. The summed E-state index contributed by atoms with van der Waals surface area (Å²) in [6.45, 7) is 9.54. The van der Waals surface area contributed by atoms with E-state index in [0.29, 0.717) is 30.7 Å². The number of carbonyl (C=O) groups is 1. The molecule has 0 radical (unpaired) electrons. The monoisotopic (exact) mass is 307 g/mol. The van der Waals surface area contributed by atoms with Crippen molar-refractivity contribution in [3.05, 3.63) is 18.0 Å². The molecule has 1 aliphatic rings. The lowest BCUT2D eigenvalue weighted by Gasteiger charge is -2.28. The van der Waals surface area contributed by atoms with Crippen LogP contribution < -0.4 is 5.32 Å². The molecular formula is C17H29N3O2. The van der Waals surface area contributed by atoms with Crippen LogP contribution in [0.25, 0.3) is 0 Å². The van der Waals surface area contributed by atoms with Crippen molar-refractivity contribution in [2.75, 3.05) is 13.2 Å². The van der Waals surface area contributed by atoms with Gasteiger partial charge in [-0.1, -0.05) is 19.8 Å². The smallest absolute Gasteiger partial charge is 0.254 e. The molecule has 1 aliphatic carbocycles. The molecule has 2 rings (SSSR count). The fourth-order valence-corrected chi connectivity index (χ4v) is 2.81. The van der Waals surface area contributed by atoms with E-state index in [1.54, 1.807) is 12.4 Å². The predicted molar refractivity (Wildman–Crippen MR) is 86.9 cm³/mol. The maximum Gasteiger partial charge on any atom is 0.254 e. The van der Waals surface area contributed by atoms with E-state index in [2.05, 4.69) is 38.1 Å². The molecule has 1 heterocycles. The van der Waals surface area contributed by atoms with E-state index in [4.69, 9.17) is 4.74 Å². The molecule has 0 bridgehead atoms. The highest BCUT2D eigenvalue weighted by molar-refractivity contribution is 5.93. The maximum atomic E-state index is 12.1. The van der Waals surface area contributed by atoms with E-state index in [-0.39, 0.29) is 11.4 Å². The molecule has 0 spiro atoms. The number of carbonyl (C=O) groups excluding carboxylic acids is 1. The summed E-state index contributed by atoms with van der Waals surface area (Å²) in [4.78, 5) is 12.1. The van der Waals surface area contributed by atoms with Gasteiger partial charge < -0.3 is 10.1 Å². The third-order valence-electron chi connectivity index (χ3n) is 4.28. The van der Waals surface area contributed by atoms with Crippen LogP contribution in [0.3, 0.4) is 0 Å². The molecule has 0 saturated heterocycles. The minimum absolute atomic E-state index is 0.0872. The van der Waals surface area contributed by atoms with Crippen molar-refractivity contribution < 1.29 is 9.53 Å². The van der Waals surface area contributed by atoms with Crippen LogP contribution in [0.4, 0.5) is 0 Å². The second-order valence-corrected chi connectivity index (χ2v) is 7.27. The number of nitrogens with one attached hydrogen (secondary N) is 1. The Hall–Kier alpha value is -1.36. The van der Waals surface area contributed by atoms with Crippen molar-refractivity contribution in [2.45, 2.75) is 65.0 Å². The molecule has 5 nitrogen and oxygen atoms in total. The Labute approximate surface area is 133 Å². The number of aromatic nitrogens is 2. The van der Waals surface area contributed by atoms with Crippen LogP contribution in [-0.4, -0.2) is 34.9 Å². The largest absolute Gasteiger partial charge is 0.376 e. The molecule has 1 N–H and O–H groups in total. The number of ether oxygens (including phenoxy) is 1. The second kappa shape index (κ2) is 7.27. The van der Waals surface area contributed by atoms with Crippen molar-refractivity contribution >= 4 is 5.91 Å². The van der Waals surface area contributed by atoms with Gasteiger partial charge >= 0.3 is 0 Å². The van der Waals surface area contributed by atoms with Gasteiger partial charge in [-0.2, -0.15) is 5.10 Å². The lowest BCUT2D eigenvalue weighted by atomic mass is 9.88. The Bertz CT molecular complexity index is 490. The molecule has 1 fully saturated rings. The number of hydrogen-bond acceptors (Lipinski definition) is 3. The van der Waals surface area contributed by atoms with E-state index in [1.165, 1.54) is 19.3 Å². The fraction of sp³-hybridized carbons (Fsp3) is 0.765. The fourth-order valence-electron chi connectivity index (χ4n) is 2.81. The van der Waals surface area contributed by atoms with Gasteiger partial charge in [0.05, 0.1) is 30.0 Å². The third-order valence-corrected chi connectivity index (χ3v) is 4.28. The molecule has 5 heteroatoms. The number of rotatable bonds is 5. The molecule has 22 heavy (non-hydrogen) atoms. The zero-order valence-electron chi connectivity index (χ0n) is 14.3. The Balaban J connectivity index is 1.72. The summed E-state index contributed by atoms with van der Waals surface area (Å²) in [5, 5.41) is 7.15. The highest BCUT2D eigenvalue weighted by atomic mass is 16.5. The van der Waals surface area contributed by atoms with Crippen molar-refractivity contribution in [3.63, 3.8) is 0 Å². The van der Waals surface area contributed by atoms with Crippen molar-refractivity contribution in [3.8, 4) is 0 Å². The van der Waals surface area contributed by atoms with Gasteiger partial charge in [-0.25, -0.2) is 0 Å². The standard InChI is InChI=1S/C17H29N3O2/c1-13-7-5-6-8-15(13)22-10-9-18-16(21)14-11-19-20(12-14)17(2,3)4/h11-13,15H,5-10H2,1-4H3,(H,18,21)/t13-,15-/m1/s1. The van der Waals surface area contributed by atoms with E-state index in [1.807, 2.05) is 4.68 Å². The minimum atomic E-state index is -0.112. The molecule has 0 aromatic carbocycles. The van der Waals surface area contributed by atoms with Gasteiger partial charge in [0.25, 0.3) is 5.91 Å². The molecule has 0 aliphatic heterocycles. The first-order valence-electron chi connectivity index (χ1n) is 8.33. The van der Waals surface area contributed by atoms with Gasteiger partial charge in [0.15, 0.2) is 0 Å². The first-order chi connectivity index (χ1) is 10.4. The Kier molecular flexibility index (Phi) is 5.62. The summed E-state index contributed by atoms with van der Waals surface area (Å²) in [5.41, 5.74) is 0.486. The number of nitrogens with zero attached hydrogens (tertiary/aromatic N) is 2. The lowest BCUT2D eigenvalue weighted by molar-refractivity contribution is -0.00293. The average molecular weight is 307 g/mol. The molecule has 1 saturated carbocycles. The van der Waals surface area contributed by atoms with Crippen LogP contribution in [-0.2, 0) is 10.3 Å². The SMILES string of the molecule is C[C@@H]1CCCC[C@H]1OCCNC(=O)c1cnn(C(C)(C)C)c1. The van der Waals surface area contributed by atoms with Crippen LogP contribution in [0.2, 0.25) is 0 Å². The van der Waals surface area contributed by atoms with Crippen LogP contribution >= 0.6 is 0 Å². The highest BCUT2D eigenvalue weighted by Gasteiger charge is 2.21. The lowest BCUT2D eigenvalue weighted by Crippen LogP contribution is -2.31. The normalized spacial score (nSPS) is 22.5. The molecule has 1 aromatic rings. The van der Waals surface area contributed by atoms with Crippen molar-refractivity contribution in [1.82, 2.24) is 15.1 Å². The van der Waals surface area contributed by atoms with Crippen LogP contribution in [0, 0.1) is 5.92 Å². The third kappa shape index (κ3) is 4.57. The van der Waals surface area contributed by atoms with Crippen molar-refractivity contribution in [2.24, 2.45) is 5.92 Å². The Morgan fingerprint density at radius 2 is 2.14 bits per heavy atom. The second-order valence-electron chi connectivity index (χ2n) is 7.27. The molecule has 1 amide bonds. The molecular weight excluding hydrogens is 278 g/mol. The summed E-state index contributed by atoms with van der Waals surface area (Å²) in [7, 11) is 0. The van der Waals surface area contributed by atoms with E-state index in [0.717, 1.165) is 6.42 Å². The summed E-state index contributed by atoms with van der Waals surface area (Å²) < 4.78 is 7.71. The first kappa shape index (κ1) is 17.0. The highest BCUT2D eigenvalue weighted by Crippen LogP contribution is 2.25. The Morgan fingerprint density at radius 1 is 1.41 bits per heavy atom. The van der Waals surface area contributed by atoms with Gasteiger partial charge in [0, 0.05) is 12.7 Å². The summed E-state index contributed by atoms with van der Waals surface area (Å²) in [6.07, 6.45) is 8.73. The quantitative estimate of drug-likeness (QED) is 0.851. The predicted octanol–water partition coefficient (Wildman–Crippen LogP) is 2.96. The topological polar surface area (TPSA) is 56.1 Å².